The Morgan fingerprint density at radius 2 is 2.07 bits per heavy atom. The summed E-state index contributed by atoms with van der Waals surface area (Å²) in [5.74, 6) is 0.364. The molecule has 4 nitrogen and oxygen atoms in total. The summed E-state index contributed by atoms with van der Waals surface area (Å²) in [7, 11) is 2.97. The molecule has 0 amide bonds. The molecular formula is C10H9ClO4. The fraction of sp³-hybridized carbons (Fsp3) is 0.300. The highest BCUT2D eigenvalue weighted by molar-refractivity contribution is 6.23. The van der Waals surface area contributed by atoms with Gasteiger partial charge in [0.25, 0.3) is 0 Å². The van der Waals surface area contributed by atoms with Gasteiger partial charge >= 0.3 is 5.97 Å². The lowest BCUT2D eigenvalue weighted by Crippen LogP contribution is -2.00. The standard InChI is InChI=1S/C10H9ClO4/c1-13-6-4-3-5-7(8(6)14-2)10(12)15-9(5)11/h3-4,9H,1-2H3. The molecule has 1 atom stereocenters. The number of alkyl halides is 1. The van der Waals surface area contributed by atoms with E-state index in [0.29, 0.717) is 22.6 Å². The van der Waals surface area contributed by atoms with Crippen molar-refractivity contribution in [2.24, 2.45) is 0 Å². The van der Waals surface area contributed by atoms with Crippen LogP contribution in [0.2, 0.25) is 0 Å². The highest BCUT2D eigenvalue weighted by Gasteiger charge is 2.34. The lowest BCUT2D eigenvalue weighted by molar-refractivity contribution is 0.0510. The van der Waals surface area contributed by atoms with Crippen molar-refractivity contribution in [1.82, 2.24) is 0 Å². The Morgan fingerprint density at radius 1 is 1.33 bits per heavy atom. The molecule has 1 aromatic carbocycles. The number of halogens is 1. The van der Waals surface area contributed by atoms with Crippen LogP contribution in [0.15, 0.2) is 12.1 Å². The van der Waals surface area contributed by atoms with Gasteiger partial charge in [-0.3, -0.25) is 0 Å². The van der Waals surface area contributed by atoms with E-state index in [1.54, 1.807) is 12.1 Å². The minimum absolute atomic E-state index is 0.344. The molecule has 1 unspecified atom stereocenters. The minimum atomic E-state index is -0.743. The number of rotatable bonds is 2. The monoisotopic (exact) mass is 228 g/mol. The summed E-state index contributed by atoms with van der Waals surface area (Å²) in [6.45, 7) is 0. The van der Waals surface area contributed by atoms with Gasteiger partial charge in [0.15, 0.2) is 11.5 Å². The number of hydrogen-bond acceptors (Lipinski definition) is 4. The van der Waals surface area contributed by atoms with Crippen molar-refractivity contribution in [2.45, 2.75) is 5.56 Å². The van der Waals surface area contributed by atoms with Crippen molar-refractivity contribution >= 4 is 17.6 Å². The number of carbonyl (C=O) groups is 1. The molecule has 0 N–H and O–H groups in total. The first-order chi connectivity index (χ1) is 7.19. The highest BCUT2D eigenvalue weighted by atomic mass is 35.5. The van der Waals surface area contributed by atoms with Gasteiger partial charge in [0.1, 0.15) is 5.56 Å². The average Bonchev–Trinajstić information content (AvgIpc) is 2.53. The molecule has 0 radical (unpaired) electrons. The first-order valence-electron chi connectivity index (χ1n) is 4.29. The fourth-order valence-corrected chi connectivity index (χ4v) is 1.82. The normalized spacial score (nSPS) is 18.3. The molecule has 1 aliphatic heterocycles. The Balaban J connectivity index is 2.65. The summed E-state index contributed by atoms with van der Waals surface area (Å²) in [5, 5.41) is 0. The van der Waals surface area contributed by atoms with Crippen molar-refractivity contribution in [1.29, 1.82) is 0 Å². The van der Waals surface area contributed by atoms with E-state index >= 15 is 0 Å². The number of ether oxygens (including phenoxy) is 3. The second-order valence-corrected chi connectivity index (χ2v) is 3.38. The third kappa shape index (κ3) is 1.41. The van der Waals surface area contributed by atoms with Crippen LogP contribution in [-0.4, -0.2) is 20.2 Å². The summed E-state index contributed by atoms with van der Waals surface area (Å²) < 4.78 is 15.0. The van der Waals surface area contributed by atoms with Gasteiger partial charge in [-0.1, -0.05) is 11.6 Å². The summed E-state index contributed by atoms with van der Waals surface area (Å²) in [5.41, 5.74) is 0.212. The predicted molar refractivity (Wildman–Crippen MR) is 53.6 cm³/mol. The van der Waals surface area contributed by atoms with Gasteiger partial charge < -0.3 is 14.2 Å². The molecule has 0 saturated heterocycles. The van der Waals surface area contributed by atoms with Crippen molar-refractivity contribution in [3.05, 3.63) is 23.3 Å². The number of methoxy groups -OCH3 is 2. The quantitative estimate of drug-likeness (QED) is 0.575. The molecule has 0 saturated carbocycles. The predicted octanol–water partition coefficient (Wildman–Crippen LogP) is 2.11. The van der Waals surface area contributed by atoms with Crippen LogP contribution in [0.25, 0.3) is 0 Å². The van der Waals surface area contributed by atoms with E-state index in [0.717, 1.165) is 0 Å². The van der Waals surface area contributed by atoms with Gasteiger partial charge in [-0.2, -0.15) is 0 Å². The number of cyclic esters (lactones) is 1. The number of esters is 1. The highest BCUT2D eigenvalue weighted by Crippen LogP contribution is 2.43. The second-order valence-electron chi connectivity index (χ2n) is 2.99. The largest absolute Gasteiger partial charge is 0.493 e. The van der Waals surface area contributed by atoms with Crippen molar-refractivity contribution in [3.8, 4) is 11.5 Å². The van der Waals surface area contributed by atoms with E-state index in [1.807, 2.05) is 0 Å². The molecule has 2 rings (SSSR count). The summed E-state index contributed by atoms with van der Waals surface area (Å²) in [6.07, 6.45) is 0. The van der Waals surface area contributed by atoms with Gasteiger partial charge in [-0.25, -0.2) is 4.79 Å². The van der Waals surface area contributed by atoms with Crippen LogP contribution in [-0.2, 0) is 4.74 Å². The zero-order valence-corrected chi connectivity index (χ0v) is 9.00. The van der Waals surface area contributed by atoms with E-state index in [2.05, 4.69) is 0 Å². The van der Waals surface area contributed by atoms with Crippen LogP contribution in [0.1, 0.15) is 21.5 Å². The number of carbonyl (C=O) groups excluding carboxylic acids is 1. The van der Waals surface area contributed by atoms with Crippen LogP contribution in [0, 0.1) is 0 Å². The molecule has 0 spiro atoms. The number of hydrogen-bond donors (Lipinski definition) is 0. The smallest absolute Gasteiger partial charge is 0.344 e. The molecule has 80 valence electrons. The van der Waals surface area contributed by atoms with Gasteiger partial charge in [0, 0.05) is 5.56 Å². The SMILES string of the molecule is COc1ccc2c(c1OC)C(=O)OC2Cl. The molecule has 1 aliphatic rings. The summed E-state index contributed by atoms with van der Waals surface area (Å²) in [6, 6.07) is 3.38. The number of fused-ring (bicyclic) bond motifs is 1. The molecule has 15 heavy (non-hydrogen) atoms. The van der Waals surface area contributed by atoms with Crippen molar-refractivity contribution < 1.29 is 19.0 Å². The van der Waals surface area contributed by atoms with E-state index < -0.39 is 11.5 Å². The van der Waals surface area contributed by atoms with Gasteiger partial charge in [0.05, 0.1) is 14.2 Å². The van der Waals surface area contributed by atoms with E-state index in [1.165, 1.54) is 14.2 Å². The third-order valence-electron chi connectivity index (χ3n) is 2.24. The lowest BCUT2D eigenvalue weighted by Gasteiger charge is -2.09. The van der Waals surface area contributed by atoms with Crippen molar-refractivity contribution in [2.75, 3.05) is 14.2 Å². The van der Waals surface area contributed by atoms with Gasteiger partial charge in [0.2, 0.25) is 5.56 Å². The Bertz CT molecular complexity index is 416. The lowest BCUT2D eigenvalue weighted by atomic mass is 10.1. The van der Waals surface area contributed by atoms with Crippen LogP contribution >= 0.6 is 11.6 Å². The Labute approximate surface area is 91.7 Å². The van der Waals surface area contributed by atoms with E-state index in [4.69, 9.17) is 25.8 Å². The third-order valence-corrected chi connectivity index (χ3v) is 2.56. The second kappa shape index (κ2) is 3.62. The Morgan fingerprint density at radius 3 is 2.67 bits per heavy atom. The first-order valence-corrected chi connectivity index (χ1v) is 4.72. The maximum absolute atomic E-state index is 11.5. The first kappa shape index (κ1) is 10.1. The summed E-state index contributed by atoms with van der Waals surface area (Å²) >= 11 is 5.82. The molecule has 0 aliphatic carbocycles. The van der Waals surface area contributed by atoms with Crippen LogP contribution in [0.3, 0.4) is 0 Å². The maximum atomic E-state index is 11.5. The molecular weight excluding hydrogens is 220 g/mol. The van der Waals surface area contributed by atoms with Crippen LogP contribution < -0.4 is 9.47 Å². The Kier molecular flexibility index (Phi) is 2.44. The van der Waals surface area contributed by atoms with Gasteiger partial charge in [-0.15, -0.1) is 0 Å². The Hall–Kier alpha value is -1.42. The van der Waals surface area contributed by atoms with Gasteiger partial charge in [-0.05, 0) is 12.1 Å². The van der Waals surface area contributed by atoms with Crippen molar-refractivity contribution in [3.63, 3.8) is 0 Å². The maximum Gasteiger partial charge on any atom is 0.344 e. The molecule has 1 heterocycles. The molecule has 0 aromatic heterocycles. The molecule has 0 fully saturated rings. The number of benzene rings is 1. The van der Waals surface area contributed by atoms with E-state index in [9.17, 15) is 4.79 Å². The van der Waals surface area contributed by atoms with Crippen LogP contribution in [0.5, 0.6) is 11.5 Å². The molecule has 0 bridgehead atoms. The van der Waals surface area contributed by atoms with Crippen LogP contribution in [0.4, 0.5) is 0 Å². The molecule has 5 heteroatoms. The fourth-order valence-electron chi connectivity index (χ4n) is 1.56. The summed E-state index contributed by atoms with van der Waals surface area (Å²) in [4.78, 5) is 11.5. The topological polar surface area (TPSA) is 44.8 Å². The zero-order valence-electron chi connectivity index (χ0n) is 8.24. The average molecular weight is 229 g/mol. The zero-order chi connectivity index (χ0) is 11.0. The molecule has 1 aromatic rings. The minimum Gasteiger partial charge on any atom is -0.493 e. The van der Waals surface area contributed by atoms with E-state index in [-0.39, 0.29) is 0 Å².